The number of aromatic nitrogens is 1. The SMILES string of the molecule is O=C(NCc1cnc(-c2ccc(OCCC3CCCN3)cc2)s1)c1ccc2c(c1)NC(=O)c1ccccc1S2(=O)=O. The summed E-state index contributed by atoms with van der Waals surface area (Å²) in [5.41, 5.74) is 1.33. The summed E-state index contributed by atoms with van der Waals surface area (Å²) in [6, 6.07) is 18.6. The lowest BCUT2D eigenvalue weighted by molar-refractivity contribution is 0.0949. The van der Waals surface area contributed by atoms with Gasteiger partial charge in [0.15, 0.2) is 0 Å². The van der Waals surface area contributed by atoms with Crippen molar-refractivity contribution in [3.8, 4) is 16.3 Å². The first-order valence-corrected chi connectivity index (χ1v) is 15.7. The van der Waals surface area contributed by atoms with Gasteiger partial charge in [-0.25, -0.2) is 13.4 Å². The number of hydrogen-bond acceptors (Lipinski definition) is 8. The highest BCUT2D eigenvalue weighted by molar-refractivity contribution is 7.91. The van der Waals surface area contributed by atoms with E-state index < -0.39 is 21.7 Å². The van der Waals surface area contributed by atoms with Gasteiger partial charge in [-0.2, -0.15) is 0 Å². The molecule has 41 heavy (non-hydrogen) atoms. The molecule has 1 unspecified atom stereocenters. The number of nitrogens with zero attached hydrogens (tertiary/aromatic N) is 1. The Morgan fingerprint density at radius 1 is 1.07 bits per heavy atom. The molecular weight excluding hydrogens is 560 g/mol. The fourth-order valence-corrected chi connectivity index (χ4v) is 7.46. The number of ether oxygens (including phenoxy) is 1. The number of carbonyl (C=O) groups excluding carboxylic acids is 2. The van der Waals surface area contributed by atoms with Gasteiger partial charge < -0.3 is 20.7 Å². The molecule has 1 aromatic heterocycles. The van der Waals surface area contributed by atoms with Crippen molar-refractivity contribution in [2.24, 2.45) is 0 Å². The van der Waals surface area contributed by atoms with Crippen LogP contribution in [0, 0.1) is 0 Å². The van der Waals surface area contributed by atoms with E-state index in [4.69, 9.17) is 4.74 Å². The van der Waals surface area contributed by atoms with Gasteiger partial charge >= 0.3 is 0 Å². The number of fused-ring (bicyclic) bond motifs is 2. The number of thiazole rings is 1. The monoisotopic (exact) mass is 588 g/mol. The molecule has 1 atom stereocenters. The van der Waals surface area contributed by atoms with Crippen molar-refractivity contribution in [1.29, 1.82) is 0 Å². The zero-order valence-electron chi connectivity index (χ0n) is 22.1. The van der Waals surface area contributed by atoms with Crippen LogP contribution in [-0.4, -0.2) is 44.4 Å². The first-order valence-electron chi connectivity index (χ1n) is 13.4. The van der Waals surface area contributed by atoms with Crippen LogP contribution in [0.15, 0.2) is 82.7 Å². The summed E-state index contributed by atoms with van der Waals surface area (Å²) >= 11 is 1.47. The van der Waals surface area contributed by atoms with E-state index in [1.54, 1.807) is 18.3 Å². The third kappa shape index (κ3) is 5.74. The van der Waals surface area contributed by atoms with Gasteiger partial charge in [0, 0.05) is 28.2 Å². The van der Waals surface area contributed by atoms with E-state index >= 15 is 0 Å². The standard InChI is InChI=1S/C30H28N4O5S2/c35-28(20-9-12-27-25(16-20)34-29(36)24-5-1-2-6-26(24)41(27,37)38)32-17-23-18-33-30(40-23)19-7-10-22(11-8-19)39-15-13-21-4-3-14-31-21/h1-2,5-12,16,18,21,31H,3-4,13-15,17H2,(H,32,35)(H,34,36). The molecule has 11 heteroatoms. The molecule has 2 aliphatic heterocycles. The maximum absolute atomic E-state index is 13.2. The van der Waals surface area contributed by atoms with Crippen molar-refractivity contribution < 1.29 is 22.7 Å². The van der Waals surface area contributed by atoms with Gasteiger partial charge in [0.2, 0.25) is 9.84 Å². The highest BCUT2D eigenvalue weighted by Crippen LogP contribution is 2.34. The first kappa shape index (κ1) is 27.1. The van der Waals surface area contributed by atoms with Crippen LogP contribution in [0.25, 0.3) is 10.6 Å². The average Bonchev–Trinajstić information content (AvgIpc) is 3.67. The topological polar surface area (TPSA) is 126 Å². The highest BCUT2D eigenvalue weighted by Gasteiger charge is 2.31. The second-order valence-electron chi connectivity index (χ2n) is 9.93. The Balaban J connectivity index is 1.08. The Kier molecular flexibility index (Phi) is 7.57. The Hall–Kier alpha value is -4.06. The average molecular weight is 589 g/mol. The van der Waals surface area contributed by atoms with Gasteiger partial charge in [0.1, 0.15) is 10.8 Å². The number of anilines is 1. The van der Waals surface area contributed by atoms with E-state index in [1.807, 2.05) is 24.3 Å². The number of nitrogens with one attached hydrogen (secondary N) is 3. The van der Waals surface area contributed by atoms with Crippen molar-refractivity contribution in [3.05, 3.63) is 88.9 Å². The predicted molar refractivity (Wildman–Crippen MR) is 156 cm³/mol. The maximum atomic E-state index is 13.2. The number of amides is 2. The van der Waals surface area contributed by atoms with E-state index in [9.17, 15) is 18.0 Å². The van der Waals surface area contributed by atoms with Gasteiger partial charge in [-0.15, -0.1) is 11.3 Å². The van der Waals surface area contributed by atoms with E-state index in [0.717, 1.165) is 34.2 Å². The van der Waals surface area contributed by atoms with Crippen molar-refractivity contribution >= 4 is 38.7 Å². The molecule has 0 saturated carbocycles. The molecule has 3 N–H and O–H groups in total. The van der Waals surface area contributed by atoms with Gasteiger partial charge in [-0.3, -0.25) is 9.59 Å². The summed E-state index contributed by atoms with van der Waals surface area (Å²) in [5, 5.41) is 9.79. The molecule has 0 radical (unpaired) electrons. The second-order valence-corrected chi connectivity index (χ2v) is 12.9. The third-order valence-electron chi connectivity index (χ3n) is 7.18. The molecule has 0 spiro atoms. The molecule has 210 valence electrons. The summed E-state index contributed by atoms with van der Waals surface area (Å²) in [5.74, 6) is -0.117. The maximum Gasteiger partial charge on any atom is 0.257 e. The molecule has 3 heterocycles. The van der Waals surface area contributed by atoms with Gasteiger partial charge in [0.25, 0.3) is 11.8 Å². The van der Waals surface area contributed by atoms with Crippen LogP contribution in [0.4, 0.5) is 5.69 Å². The van der Waals surface area contributed by atoms with Gasteiger partial charge in [-0.1, -0.05) is 12.1 Å². The molecule has 6 rings (SSSR count). The van der Waals surface area contributed by atoms with E-state index in [-0.39, 0.29) is 33.2 Å². The Morgan fingerprint density at radius 2 is 1.90 bits per heavy atom. The number of hydrogen-bond donors (Lipinski definition) is 3. The zero-order chi connectivity index (χ0) is 28.4. The van der Waals surface area contributed by atoms with Crippen molar-refractivity contribution in [2.45, 2.75) is 41.6 Å². The molecular formula is C30H28N4O5S2. The number of carbonyl (C=O) groups is 2. The van der Waals surface area contributed by atoms with Crippen LogP contribution in [0.1, 0.15) is 44.9 Å². The van der Waals surface area contributed by atoms with Crippen molar-refractivity contribution in [1.82, 2.24) is 15.6 Å². The van der Waals surface area contributed by atoms with E-state index in [0.29, 0.717) is 12.6 Å². The number of benzene rings is 3. The Labute approximate surface area is 241 Å². The van der Waals surface area contributed by atoms with Crippen LogP contribution >= 0.6 is 11.3 Å². The molecule has 0 bridgehead atoms. The molecule has 1 saturated heterocycles. The van der Waals surface area contributed by atoms with Crippen LogP contribution in [-0.2, 0) is 16.4 Å². The molecule has 4 aromatic rings. The van der Waals surface area contributed by atoms with Crippen LogP contribution in [0.3, 0.4) is 0 Å². The molecule has 2 aliphatic rings. The summed E-state index contributed by atoms with van der Waals surface area (Å²) in [6.45, 7) is 2.02. The largest absolute Gasteiger partial charge is 0.494 e. The third-order valence-corrected chi connectivity index (χ3v) is 10.1. The molecule has 0 aliphatic carbocycles. The second kappa shape index (κ2) is 11.4. The lowest BCUT2D eigenvalue weighted by Gasteiger charge is -2.11. The Morgan fingerprint density at radius 3 is 2.71 bits per heavy atom. The quantitative estimate of drug-likeness (QED) is 0.273. The minimum atomic E-state index is -3.94. The minimum Gasteiger partial charge on any atom is -0.494 e. The molecule has 9 nitrogen and oxygen atoms in total. The smallest absolute Gasteiger partial charge is 0.257 e. The van der Waals surface area contributed by atoms with Crippen LogP contribution in [0.2, 0.25) is 0 Å². The lowest BCUT2D eigenvalue weighted by Crippen LogP contribution is -2.23. The summed E-state index contributed by atoms with van der Waals surface area (Å²) in [6.07, 6.45) is 5.16. The van der Waals surface area contributed by atoms with Crippen LogP contribution in [0.5, 0.6) is 5.75 Å². The van der Waals surface area contributed by atoms with Crippen LogP contribution < -0.4 is 20.7 Å². The first-order chi connectivity index (χ1) is 19.9. The molecule has 2 amide bonds. The minimum absolute atomic E-state index is 0.0540. The van der Waals surface area contributed by atoms with Gasteiger partial charge in [-0.05, 0) is 80.4 Å². The predicted octanol–water partition coefficient (Wildman–Crippen LogP) is 4.66. The van der Waals surface area contributed by atoms with E-state index in [2.05, 4.69) is 20.9 Å². The van der Waals surface area contributed by atoms with E-state index in [1.165, 1.54) is 54.5 Å². The molecule has 1 fully saturated rings. The molecule has 3 aromatic carbocycles. The summed E-state index contributed by atoms with van der Waals surface area (Å²) < 4.78 is 32.2. The summed E-state index contributed by atoms with van der Waals surface area (Å²) in [4.78, 5) is 30.9. The van der Waals surface area contributed by atoms with Crippen molar-refractivity contribution in [2.75, 3.05) is 18.5 Å². The number of sulfone groups is 1. The fourth-order valence-electron chi connectivity index (χ4n) is 5.01. The summed E-state index contributed by atoms with van der Waals surface area (Å²) in [7, 11) is -3.94. The number of rotatable bonds is 8. The zero-order valence-corrected chi connectivity index (χ0v) is 23.7. The van der Waals surface area contributed by atoms with Gasteiger partial charge in [0.05, 0.1) is 34.2 Å². The highest BCUT2D eigenvalue weighted by atomic mass is 32.2. The Bertz CT molecular complexity index is 1710. The van der Waals surface area contributed by atoms with Crippen molar-refractivity contribution in [3.63, 3.8) is 0 Å². The normalized spacial score (nSPS) is 17.2. The lowest BCUT2D eigenvalue weighted by atomic mass is 10.1. The fraction of sp³-hybridized carbons (Fsp3) is 0.233.